The van der Waals surface area contributed by atoms with Gasteiger partial charge in [0.25, 0.3) is 0 Å². The fourth-order valence-electron chi connectivity index (χ4n) is 1.58. The number of hydrogen-bond donors (Lipinski definition) is 1. The van der Waals surface area contributed by atoms with Gasteiger partial charge in [-0.3, -0.25) is 9.78 Å². The molecule has 0 atom stereocenters. The van der Waals surface area contributed by atoms with Crippen LogP contribution < -0.4 is 10.1 Å². The van der Waals surface area contributed by atoms with Crippen LogP contribution in [0.3, 0.4) is 0 Å². The van der Waals surface area contributed by atoms with E-state index in [2.05, 4.69) is 10.3 Å². The lowest BCUT2D eigenvalue weighted by molar-refractivity contribution is -0.111. The Labute approximate surface area is 115 Å². The molecule has 0 fully saturated rings. The van der Waals surface area contributed by atoms with Gasteiger partial charge in [0, 0.05) is 24.2 Å². The number of halogens is 1. The molecule has 0 spiro atoms. The van der Waals surface area contributed by atoms with Gasteiger partial charge in [-0.2, -0.15) is 0 Å². The van der Waals surface area contributed by atoms with E-state index in [-0.39, 0.29) is 11.7 Å². The van der Waals surface area contributed by atoms with Crippen molar-refractivity contribution in [3.63, 3.8) is 0 Å². The molecule has 0 saturated carbocycles. The van der Waals surface area contributed by atoms with Crippen LogP contribution >= 0.6 is 0 Å². The lowest BCUT2D eigenvalue weighted by Gasteiger charge is -2.02. The number of pyridine rings is 1. The fraction of sp³-hybridized carbons (Fsp3) is 0.0667. The van der Waals surface area contributed by atoms with Crippen molar-refractivity contribution in [3.05, 3.63) is 60.2 Å². The smallest absolute Gasteiger partial charge is 0.248 e. The Morgan fingerprint density at radius 1 is 1.30 bits per heavy atom. The van der Waals surface area contributed by atoms with Crippen molar-refractivity contribution in [1.29, 1.82) is 0 Å². The molecule has 0 aliphatic carbocycles. The third-order valence-corrected chi connectivity index (χ3v) is 2.55. The average molecular weight is 272 g/mol. The molecule has 20 heavy (non-hydrogen) atoms. The maximum Gasteiger partial charge on any atom is 0.248 e. The van der Waals surface area contributed by atoms with E-state index in [1.54, 1.807) is 30.6 Å². The summed E-state index contributed by atoms with van der Waals surface area (Å²) in [5.74, 6) is -0.597. The van der Waals surface area contributed by atoms with E-state index in [9.17, 15) is 9.18 Å². The first-order valence-electron chi connectivity index (χ1n) is 5.91. The number of nitrogens with one attached hydrogen (secondary N) is 1. The van der Waals surface area contributed by atoms with Crippen LogP contribution in [-0.2, 0) is 4.79 Å². The van der Waals surface area contributed by atoms with Crippen molar-refractivity contribution in [3.8, 4) is 5.75 Å². The van der Waals surface area contributed by atoms with Crippen molar-refractivity contribution in [2.24, 2.45) is 0 Å². The van der Waals surface area contributed by atoms with Gasteiger partial charge in [0.1, 0.15) is 0 Å². The zero-order chi connectivity index (χ0) is 14.4. The van der Waals surface area contributed by atoms with Crippen molar-refractivity contribution in [2.75, 3.05) is 12.4 Å². The van der Waals surface area contributed by atoms with Crippen LogP contribution in [-0.4, -0.2) is 18.0 Å². The minimum absolute atomic E-state index is 0.170. The standard InChI is InChI=1S/C15H13FN2O2/c1-20-14-4-2-11(10-13(14)16)3-5-15(19)18-12-6-8-17-9-7-12/h2-10H,1H3,(H,17,18,19). The molecule has 0 radical (unpaired) electrons. The first-order chi connectivity index (χ1) is 9.69. The Morgan fingerprint density at radius 2 is 2.05 bits per heavy atom. The van der Waals surface area contributed by atoms with Crippen LogP contribution in [0.4, 0.5) is 10.1 Å². The molecule has 1 amide bonds. The van der Waals surface area contributed by atoms with Crippen molar-refractivity contribution < 1.29 is 13.9 Å². The highest BCUT2D eigenvalue weighted by Crippen LogP contribution is 2.18. The zero-order valence-electron chi connectivity index (χ0n) is 10.8. The molecule has 2 aromatic rings. The number of carbonyl (C=O) groups excluding carboxylic acids is 1. The van der Waals surface area contributed by atoms with E-state index in [1.165, 1.54) is 31.4 Å². The maximum absolute atomic E-state index is 13.5. The van der Waals surface area contributed by atoms with Crippen molar-refractivity contribution in [1.82, 2.24) is 4.98 Å². The molecule has 1 N–H and O–H groups in total. The number of benzene rings is 1. The monoisotopic (exact) mass is 272 g/mol. The topological polar surface area (TPSA) is 51.2 Å². The van der Waals surface area contributed by atoms with Crippen LogP contribution in [0.25, 0.3) is 6.08 Å². The summed E-state index contributed by atoms with van der Waals surface area (Å²) < 4.78 is 18.3. The maximum atomic E-state index is 13.5. The molecule has 4 nitrogen and oxygen atoms in total. The number of amides is 1. The Balaban J connectivity index is 2.02. The largest absolute Gasteiger partial charge is 0.494 e. The Hall–Kier alpha value is -2.69. The normalized spacial score (nSPS) is 10.5. The highest BCUT2D eigenvalue weighted by Gasteiger charge is 2.02. The second-order valence-corrected chi connectivity index (χ2v) is 3.95. The van der Waals surface area contributed by atoms with E-state index < -0.39 is 5.82 Å². The van der Waals surface area contributed by atoms with Gasteiger partial charge < -0.3 is 10.1 Å². The SMILES string of the molecule is COc1ccc(C=CC(=O)Nc2ccncc2)cc1F. The summed E-state index contributed by atoms with van der Waals surface area (Å²) in [6, 6.07) is 7.83. The third-order valence-electron chi connectivity index (χ3n) is 2.55. The van der Waals surface area contributed by atoms with E-state index in [0.29, 0.717) is 11.3 Å². The second-order valence-electron chi connectivity index (χ2n) is 3.95. The molecule has 0 bridgehead atoms. The third kappa shape index (κ3) is 3.65. The zero-order valence-corrected chi connectivity index (χ0v) is 10.8. The van der Waals surface area contributed by atoms with Crippen LogP contribution in [0.2, 0.25) is 0 Å². The van der Waals surface area contributed by atoms with Gasteiger partial charge in [-0.05, 0) is 35.9 Å². The molecule has 1 aromatic carbocycles. The Kier molecular flexibility index (Phi) is 4.44. The van der Waals surface area contributed by atoms with Crippen LogP contribution in [0.5, 0.6) is 5.75 Å². The number of hydrogen-bond acceptors (Lipinski definition) is 3. The van der Waals surface area contributed by atoms with E-state index in [0.717, 1.165) is 0 Å². The van der Waals surface area contributed by atoms with Crippen LogP contribution in [0.15, 0.2) is 48.8 Å². The van der Waals surface area contributed by atoms with Gasteiger partial charge >= 0.3 is 0 Å². The molecule has 0 aliphatic heterocycles. The van der Waals surface area contributed by atoms with Crippen LogP contribution in [0.1, 0.15) is 5.56 Å². The number of nitrogens with zero attached hydrogens (tertiary/aromatic N) is 1. The Morgan fingerprint density at radius 3 is 2.70 bits per heavy atom. The van der Waals surface area contributed by atoms with Gasteiger partial charge in [-0.15, -0.1) is 0 Å². The molecule has 102 valence electrons. The van der Waals surface area contributed by atoms with Gasteiger partial charge in [-0.1, -0.05) is 6.07 Å². The van der Waals surface area contributed by atoms with E-state index in [1.807, 2.05) is 0 Å². The number of aromatic nitrogens is 1. The highest BCUT2D eigenvalue weighted by atomic mass is 19.1. The summed E-state index contributed by atoms with van der Waals surface area (Å²) in [6.07, 6.45) is 6.02. The van der Waals surface area contributed by atoms with Gasteiger partial charge in [-0.25, -0.2) is 4.39 Å². The lowest BCUT2D eigenvalue weighted by Crippen LogP contribution is -2.07. The molecule has 1 aromatic heterocycles. The predicted octanol–water partition coefficient (Wildman–Crippen LogP) is 2.88. The van der Waals surface area contributed by atoms with Gasteiger partial charge in [0.2, 0.25) is 5.91 Å². The molecule has 0 unspecified atom stereocenters. The molecule has 1 heterocycles. The average Bonchev–Trinajstić information content (AvgIpc) is 2.46. The summed E-state index contributed by atoms with van der Waals surface area (Å²) in [7, 11) is 1.40. The van der Waals surface area contributed by atoms with E-state index >= 15 is 0 Å². The van der Waals surface area contributed by atoms with Crippen LogP contribution in [0, 0.1) is 5.82 Å². The fourth-order valence-corrected chi connectivity index (χ4v) is 1.58. The minimum Gasteiger partial charge on any atom is -0.494 e. The number of carbonyl (C=O) groups is 1. The van der Waals surface area contributed by atoms with Crippen molar-refractivity contribution >= 4 is 17.7 Å². The summed E-state index contributed by atoms with van der Waals surface area (Å²) in [5.41, 5.74) is 1.23. The number of anilines is 1. The molecular formula is C15H13FN2O2. The van der Waals surface area contributed by atoms with Crippen molar-refractivity contribution in [2.45, 2.75) is 0 Å². The second kappa shape index (κ2) is 6.47. The molecule has 2 rings (SSSR count). The van der Waals surface area contributed by atoms with E-state index in [4.69, 9.17) is 4.74 Å². The Bertz CT molecular complexity index is 627. The molecule has 0 aliphatic rings. The highest BCUT2D eigenvalue weighted by molar-refractivity contribution is 6.01. The summed E-state index contributed by atoms with van der Waals surface area (Å²) in [6.45, 7) is 0. The predicted molar refractivity (Wildman–Crippen MR) is 74.9 cm³/mol. The molecule has 5 heteroatoms. The summed E-state index contributed by atoms with van der Waals surface area (Å²) in [5, 5.41) is 2.67. The van der Waals surface area contributed by atoms with Gasteiger partial charge in [0.15, 0.2) is 11.6 Å². The first kappa shape index (κ1) is 13.7. The van der Waals surface area contributed by atoms with Gasteiger partial charge in [0.05, 0.1) is 7.11 Å². The number of methoxy groups -OCH3 is 1. The quantitative estimate of drug-likeness (QED) is 0.871. The molecule has 0 saturated heterocycles. The minimum atomic E-state index is -0.468. The number of rotatable bonds is 4. The lowest BCUT2D eigenvalue weighted by atomic mass is 10.2. The summed E-state index contributed by atoms with van der Waals surface area (Å²) >= 11 is 0. The summed E-state index contributed by atoms with van der Waals surface area (Å²) in [4.78, 5) is 15.5. The molecular weight excluding hydrogens is 259 g/mol. The number of ether oxygens (including phenoxy) is 1. The first-order valence-corrected chi connectivity index (χ1v) is 5.91.